The van der Waals surface area contributed by atoms with Crippen molar-refractivity contribution in [2.45, 2.75) is 27.2 Å². The van der Waals surface area contributed by atoms with Crippen LogP contribution in [0.15, 0.2) is 25.8 Å². The van der Waals surface area contributed by atoms with Crippen molar-refractivity contribution in [3.8, 4) is 5.75 Å². The highest BCUT2D eigenvalue weighted by molar-refractivity contribution is 5.99. The van der Waals surface area contributed by atoms with Crippen LogP contribution >= 0.6 is 0 Å². The molecule has 0 saturated carbocycles. The molecule has 0 aliphatic heterocycles. The van der Waals surface area contributed by atoms with Crippen molar-refractivity contribution in [3.05, 3.63) is 51.0 Å². The topological polar surface area (TPSA) is 80.6 Å². The van der Waals surface area contributed by atoms with E-state index in [1.807, 2.05) is 6.92 Å². The molecule has 0 aliphatic carbocycles. The molecule has 2 aromatic heterocycles. The smallest absolute Gasteiger partial charge is 0.350 e. The normalized spacial score (nSPS) is 10.7. The van der Waals surface area contributed by atoms with Crippen LogP contribution in [0.4, 0.5) is 0 Å². The molecule has 0 radical (unpaired) electrons. The van der Waals surface area contributed by atoms with Gasteiger partial charge in [0.1, 0.15) is 28.6 Å². The van der Waals surface area contributed by atoms with E-state index < -0.39 is 11.4 Å². The molecule has 0 saturated heterocycles. The Bertz CT molecular complexity index is 671. The number of ketones is 1. The van der Waals surface area contributed by atoms with Gasteiger partial charge in [0, 0.05) is 6.07 Å². The Morgan fingerprint density at radius 2 is 1.89 bits per heavy atom. The number of carbonyl (C=O) groups excluding carboxylic acids is 1. The lowest BCUT2D eigenvalue weighted by atomic mass is 10.1. The summed E-state index contributed by atoms with van der Waals surface area (Å²) in [6.07, 6.45) is -0.0872. The second-order valence-corrected chi connectivity index (χ2v) is 4.46. The standard InChI is InChI=1S/C14H14O5/c1-7-4-10(19-9(7)3)6-12(16)13-11(15)5-8(2)18-14(13)17/h4-5,15H,6H2,1-3H3. The number of furan rings is 1. The van der Waals surface area contributed by atoms with Crippen LogP contribution in [-0.4, -0.2) is 10.9 Å². The Kier molecular flexibility index (Phi) is 3.29. The third-order valence-corrected chi connectivity index (χ3v) is 2.88. The largest absolute Gasteiger partial charge is 0.507 e. The van der Waals surface area contributed by atoms with Crippen molar-refractivity contribution in [3.63, 3.8) is 0 Å². The Morgan fingerprint density at radius 3 is 2.42 bits per heavy atom. The first-order valence-corrected chi connectivity index (χ1v) is 5.81. The fraction of sp³-hybridized carbons (Fsp3) is 0.286. The van der Waals surface area contributed by atoms with Gasteiger partial charge in [-0.05, 0) is 32.4 Å². The molecule has 0 fully saturated rings. The molecular formula is C14H14O5. The van der Waals surface area contributed by atoms with Gasteiger partial charge in [-0.3, -0.25) is 4.79 Å². The van der Waals surface area contributed by atoms with E-state index >= 15 is 0 Å². The summed E-state index contributed by atoms with van der Waals surface area (Å²) in [6.45, 7) is 5.18. The molecule has 2 heterocycles. The molecule has 0 spiro atoms. The Labute approximate surface area is 109 Å². The van der Waals surface area contributed by atoms with Crippen molar-refractivity contribution in [2.75, 3.05) is 0 Å². The predicted octanol–water partition coefficient (Wildman–Crippen LogP) is 2.29. The summed E-state index contributed by atoms with van der Waals surface area (Å²) in [5.41, 5.74) is -0.234. The van der Waals surface area contributed by atoms with Crippen LogP contribution in [0.3, 0.4) is 0 Å². The number of hydrogen-bond donors (Lipinski definition) is 1. The van der Waals surface area contributed by atoms with E-state index in [1.165, 1.54) is 13.0 Å². The van der Waals surface area contributed by atoms with Crippen molar-refractivity contribution >= 4 is 5.78 Å². The Balaban J connectivity index is 2.33. The number of carbonyl (C=O) groups is 1. The highest BCUT2D eigenvalue weighted by Crippen LogP contribution is 2.19. The zero-order valence-corrected chi connectivity index (χ0v) is 10.9. The van der Waals surface area contributed by atoms with Crippen LogP contribution in [0.1, 0.15) is 33.2 Å². The zero-order chi connectivity index (χ0) is 14.2. The number of rotatable bonds is 3. The summed E-state index contributed by atoms with van der Waals surface area (Å²) in [4.78, 5) is 23.6. The van der Waals surface area contributed by atoms with Crippen molar-refractivity contribution in [1.82, 2.24) is 0 Å². The van der Waals surface area contributed by atoms with Crippen LogP contribution in [0, 0.1) is 20.8 Å². The minimum absolute atomic E-state index is 0.0872. The van der Waals surface area contributed by atoms with E-state index in [0.29, 0.717) is 5.76 Å². The minimum Gasteiger partial charge on any atom is -0.507 e. The molecule has 0 bridgehead atoms. The van der Waals surface area contributed by atoms with Crippen LogP contribution in [-0.2, 0) is 6.42 Å². The zero-order valence-electron chi connectivity index (χ0n) is 10.9. The lowest BCUT2D eigenvalue weighted by Gasteiger charge is -2.01. The van der Waals surface area contributed by atoms with Gasteiger partial charge in [0.25, 0.3) is 0 Å². The van der Waals surface area contributed by atoms with Gasteiger partial charge in [0.2, 0.25) is 0 Å². The van der Waals surface area contributed by atoms with E-state index in [0.717, 1.165) is 11.3 Å². The summed E-state index contributed by atoms with van der Waals surface area (Å²) < 4.78 is 10.2. The summed E-state index contributed by atoms with van der Waals surface area (Å²) in [5, 5.41) is 9.67. The predicted molar refractivity (Wildman–Crippen MR) is 67.6 cm³/mol. The fourth-order valence-electron chi connectivity index (χ4n) is 1.84. The molecule has 100 valence electrons. The fourth-order valence-corrected chi connectivity index (χ4v) is 1.84. The lowest BCUT2D eigenvalue weighted by Crippen LogP contribution is -2.16. The summed E-state index contributed by atoms with van der Waals surface area (Å²) in [6, 6.07) is 2.98. The van der Waals surface area contributed by atoms with Gasteiger partial charge in [0.05, 0.1) is 6.42 Å². The third-order valence-electron chi connectivity index (χ3n) is 2.88. The molecule has 5 nitrogen and oxygen atoms in total. The molecule has 2 aromatic rings. The average molecular weight is 262 g/mol. The van der Waals surface area contributed by atoms with E-state index in [-0.39, 0.29) is 23.5 Å². The molecule has 1 N–H and O–H groups in total. The molecule has 0 aliphatic rings. The number of Topliss-reactive ketones (excluding diaryl/α,β-unsaturated/α-hetero) is 1. The van der Waals surface area contributed by atoms with E-state index in [4.69, 9.17) is 8.83 Å². The van der Waals surface area contributed by atoms with Crippen molar-refractivity contribution in [2.24, 2.45) is 0 Å². The Hall–Kier alpha value is -2.30. The quantitative estimate of drug-likeness (QED) is 0.858. The van der Waals surface area contributed by atoms with Crippen LogP contribution in [0.25, 0.3) is 0 Å². The molecular weight excluding hydrogens is 248 g/mol. The molecule has 0 amide bonds. The molecule has 2 rings (SSSR count). The Morgan fingerprint density at radius 1 is 1.21 bits per heavy atom. The summed E-state index contributed by atoms with van der Waals surface area (Å²) in [7, 11) is 0. The van der Waals surface area contributed by atoms with Crippen molar-refractivity contribution in [1.29, 1.82) is 0 Å². The highest BCUT2D eigenvalue weighted by atomic mass is 16.4. The summed E-state index contributed by atoms with van der Waals surface area (Å²) >= 11 is 0. The van der Waals surface area contributed by atoms with E-state index in [1.54, 1.807) is 13.0 Å². The van der Waals surface area contributed by atoms with E-state index in [9.17, 15) is 14.7 Å². The van der Waals surface area contributed by atoms with Gasteiger partial charge in [0.15, 0.2) is 5.78 Å². The SMILES string of the molecule is Cc1cc(O)c(C(=O)Cc2cc(C)c(C)o2)c(=O)o1. The van der Waals surface area contributed by atoms with E-state index in [2.05, 4.69) is 0 Å². The van der Waals surface area contributed by atoms with Crippen LogP contribution in [0.5, 0.6) is 5.75 Å². The number of aromatic hydroxyl groups is 1. The molecule has 19 heavy (non-hydrogen) atoms. The van der Waals surface area contributed by atoms with Gasteiger partial charge in [-0.15, -0.1) is 0 Å². The highest BCUT2D eigenvalue weighted by Gasteiger charge is 2.20. The monoisotopic (exact) mass is 262 g/mol. The maximum absolute atomic E-state index is 12.0. The lowest BCUT2D eigenvalue weighted by molar-refractivity contribution is 0.0979. The number of aryl methyl sites for hydroxylation is 3. The first kappa shape index (κ1) is 13.1. The minimum atomic E-state index is -0.831. The first-order chi connectivity index (χ1) is 8.88. The maximum atomic E-state index is 12.0. The first-order valence-electron chi connectivity index (χ1n) is 5.81. The summed E-state index contributed by atoms with van der Waals surface area (Å²) in [5.74, 6) is 0.546. The van der Waals surface area contributed by atoms with Crippen LogP contribution in [0.2, 0.25) is 0 Å². The van der Waals surface area contributed by atoms with Gasteiger partial charge in [-0.1, -0.05) is 0 Å². The molecule has 0 atom stereocenters. The maximum Gasteiger partial charge on any atom is 0.350 e. The second-order valence-electron chi connectivity index (χ2n) is 4.46. The van der Waals surface area contributed by atoms with Gasteiger partial charge < -0.3 is 13.9 Å². The van der Waals surface area contributed by atoms with Crippen molar-refractivity contribution < 1.29 is 18.7 Å². The van der Waals surface area contributed by atoms with Gasteiger partial charge >= 0.3 is 5.63 Å². The second kappa shape index (κ2) is 4.76. The van der Waals surface area contributed by atoms with Crippen LogP contribution < -0.4 is 5.63 Å². The third kappa shape index (κ3) is 2.59. The van der Waals surface area contributed by atoms with Gasteiger partial charge in [-0.25, -0.2) is 4.79 Å². The molecule has 0 unspecified atom stereocenters. The van der Waals surface area contributed by atoms with Gasteiger partial charge in [-0.2, -0.15) is 0 Å². The number of hydrogen-bond acceptors (Lipinski definition) is 5. The molecule has 5 heteroatoms. The molecule has 0 aromatic carbocycles. The average Bonchev–Trinajstić information content (AvgIpc) is 2.55.